The van der Waals surface area contributed by atoms with Crippen LogP contribution in [0, 0.1) is 0 Å². The molecule has 2 aromatic rings. The average molecular weight is 534 g/mol. The smallest absolute Gasteiger partial charge is 0.352 e. The minimum Gasteiger partial charge on any atom is -0.477 e. The molecule has 2 aliphatic heterocycles. The Morgan fingerprint density at radius 3 is 2.36 bits per heavy atom. The van der Waals surface area contributed by atoms with Gasteiger partial charge in [-0.2, -0.15) is 8.42 Å². The highest BCUT2D eigenvalue weighted by atomic mass is 32.2. The lowest BCUT2D eigenvalue weighted by Crippen LogP contribution is -2.71. The van der Waals surface area contributed by atoms with E-state index >= 15 is 0 Å². The zero-order chi connectivity index (χ0) is 26.2. The van der Waals surface area contributed by atoms with Crippen LogP contribution in [0.25, 0.3) is 0 Å². The van der Waals surface area contributed by atoms with Gasteiger partial charge in [-0.15, -0.1) is 11.8 Å². The van der Waals surface area contributed by atoms with Crippen molar-refractivity contribution < 1.29 is 41.8 Å². The van der Waals surface area contributed by atoms with Crippen LogP contribution in [0.4, 0.5) is 0 Å². The Kier molecular flexibility index (Phi) is 6.84. The molecule has 5 N–H and O–H groups in total. The normalized spacial score (nSPS) is 20.2. The van der Waals surface area contributed by atoms with Gasteiger partial charge in [-0.25, -0.2) is 9.36 Å². The van der Waals surface area contributed by atoms with Gasteiger partial charge in [-0.3, -0.25) is 23.8 Å². The lowest BCUT2D eigenvalue weighted by atomic mass is 10.0. The molecular formula is C22H21N4O8S2+. The number of β-lactam (4-membered cyclic amide) rings is 1. The first-order chi connectivity index (χ1) is 17.0. The van der Waals surface area contributed by atoms with Crippen LogP contribution in [0.15, 0.2) is 66.1 Å². The molecule has 36 heavy (non-hydrogen) atoms. The summed E-state index contributed by atoms with van der Waals surface area (Å²) in [6, 6.07) is 9.12. The summed E-state index contributed by atoms with van der Waals surface area (Å²) in [5.74, 6) is -3.53. The number of thioether (sulfide) groups is 1. The number of carboxylic acids is 1. The highest BCUT2D eigenvalue weighted by molar-refractivity contribution is 8.00. The fourth-order valence-electron chi connectivity index (χ4n) is 4.07. The standard InChI is InChI=1S/C22H20N4O8S2/c23-18(27)13-6-8-25(9-7-13)10-14-11-35-21-15(20(29)26(21)16(14)22(30)31)24-19(28)17(36(32,33)34)12-4-2-1-3-5-12/h1-9,15,17,21H,10-11H2,(H4-,23,24,27,28,30,31,32,33,34)/p+1/t15-,17+,21+/m0/s1. The Morgan fingerprint density at radius 1 is 1.17 bits per heavy atom. The predicted octanol–water partition coefficient (Wildman–Crippen LogP) is -0.559. The summed E-state index contributed by atoms with van der Waals surface area (Å²) in [5, 5.41) is 9.47. The Labute approximate surface area is 209 Å². The van der Waals surface area contributed by atoms with Crippen LogP contribution >= 0.6 is 11.8 Å². The number of benzene rings is 1. The summed E-state index contributed by atoms with van der Waals surface area (Å²) >= 11 is 1.21. The number of primary amides is 1. The number of hydrogen-bond acceptors (Lipinski definition) is 7. The molecule has 1 saturated heterocycles. The van der Waals surface area contributed by atoms with E-state index in [4.69, 9.17) is 5.73 Å². The number of nitrogens with two attached hydrogens (primary N) is 1. The number of aliphatic carboxylic acids is 1. The number of nitrogens with zero attached hydrogens (tertiary/aromatic N) is 2. The Morgan fingerprint density at radius 2 is 1.81 bits per heavy atom. The van der Waals surface area contributed by atoms with Crippen molar-refractivity contribution >= 4 is 45.6 Å². The second kappa shape index (κ2) is 9.72. The van der Waals surface area contributed by atoms with Gasteiger partial charge in [-0.1, -0.05) is 30.3 Å². The number of aromatic nitrogens is 1. The van der Waals surface area contributed by atoms with Gasteiger partial charge >= 0.3 is 5.97 Å². The maximum absolute atomic E-state index is 12.9. The fourth-order valence-corrected chi connectivity index (χ4v) is 6.24. The van der Waals surface area contributed by atoms with Gasteiger partial charge in [0.15, 0.2) is 24.2 Å². The molecule has 0 bridgehead atoms. The van der Waals surface area contributed by atoms with Gasteiger partial charge in [0.25, 0.3) is 16.0 Å². The molecule has 14 heteroatoms. The molecule has 1 aromatic heterocycles. The molecule has 0 radical (unpaired) electrons. The lowest BCUT2D eigenvalue weighted by Gasteiger charge is -2.49. The summed E-state index contributed by atoms with van der Waals surface area (Å²) < 4.78 is 35.1. The van der Waals surface area contributed by atoms with E-state index in [2.05, 4.69) is 5.32 Å². The summed E-state index contributed by atoms with van der Waals surface area (Å²) in [4.78, 5) is 50.1. The maximum atomic E-state index is 12.9. The van der Waals surface area contributed by atoms with Crippen molar-refractivity contribution in [2.75, 3.05) is 5.75 Å². The predicted molar refractivity (Wildman–Crippen MR) is 126 cm³/mol. The number of amides is 3. The third-order valence-corrected chi connectivity index (χ3v) is 8.16. The molecule has 2 aliphatic rings. The first-order valence-corrected chi connectivity index (χ1v) is 13.0. The van der Waals surface area contributed by atoms with Crippen LogP contribution in [0.5, 0.6) is 0 Å². The third kappa shape index (κ3) is 4.82. The van der Waals surface area contributed by atoms with Gasteiger partial charge in [0.1, 0.15) is 17.1 Å². The number of carboxylic acid groups (broad SMARTS) is 1. The zero-order valence-corrected chi connectivity index (χ0v) is 20.1. The third-order valence-electron chi connectivity index (χ3n) is 5.73. The molecule has 3 heterocycles. The molecule has 3 atom stereocenters. The zero-order valence-electron chi connectivity index (χ0n) is 18.5. The molecule has 0 saturated carbocycles. The first kappa shape index (κ1) is 25.3. The number of hydrogen-bond donors (Lipinski definition) is 4. The van der Waals surface area contributed by atoms with E-state index in [1.807, 2.05) is 0 Å². The molecule has 0 spiro atoms. The van der Waals surface area contributed by atoms with Crippen molar-refractivity contribution in [1.29, 1.82) is 0 Å². The van der Waals surface area contributed by atoms with Crippen molar-refractivity contribution in [2.24, 2.45) is 5.73 Å². The molecule has 12 nitrogen and oxygen atoms in total. The first-order valence-electron chi connectivity index (χ1n) is 10.5. The highest BCUT2D eigenvalue weighted by Crippen LogP contribution is 2.40. The van der Waals surface area contributed by atoms with Crippen LogP contribution < -0.4 is 15.6 Å². The number of pyridine rings is 1. The largest absolute Gasteiger partial charge is 0.477 e. The van der Waals surface area contributed by atoms with Crippen molar-refractivity contribution in [2.45, 2.75) is 23.2 Å². The summed E-state index contributed by atoms with van der Waals surface area (Å²) in [6.07, 6.45) is 3.12. The van der Waals surface area contributed by atoms with Gasteiger partial charge in [0, 0.05) is 23.5 Å². The minimum atomic E-state index is -4.85. The summed E-state index contributed by atoms with van der Waals surface area (Å²) in [5.41, 5.74) is 5.73. The van der Waals surface area contributed by atoms with E-state index in [0.29, 0.717) is 5.57 Å². The van der Waals surface area contributed by atoms with Crippen LogP contribution in [0.2, 0.25) is 0 Å². The van der Waals surface area contributed by atoms with Gasteiger partial charge in [0.2, 0.25) is 11.8 Å². The maximum Gasteiger partial charge on any atom is 0.352 e. The van der Waals surface area contributed by atoms with Crippen LogP contribution in [-0.4, -0.2) is 63.8 Å². The quantitative estimate of drug-likeness (QED) is 0.196. The monoisotopic (exact) mass is 533 g/mol. The van der Waals surface area contributed by atoms with E-state index in [1.54, 1.807) is 23.0 Å². The summed E-state index contributed by atoms with van der Waals surface area (Å²) in [7, 11) is -4.85. The number of rotatable bonds is 8. The van der Waals surface area contributed by atoms with Crippen LogP contribution in [0.3, 0.4) is 0 Å². The van der Waals surface area contributed by atoms with Crippen molar-refractivity contribution in [3.8, 4) is 0 Å². The molecule has 0 unspecified atom stereocenters. The fraction of sp³-hybridized carbons (Fsp3) is 0.227. The van der Waals surface area contributed by atoms with Crippen molar-refractivity contribution in [3.63, 3.8) is 0 Å². The Balaban J connectivity index is 1.54. The second-order valence-corrected chi connectivity index (χ2v) is 10.7. The van der Waals surface area contributed by atoms with E-state index in [0.717, 1.165) is 4.90 Å². The molecule has 4 rings (SSSR count). The average Bonchev–Trinajstić information content (AvgIpc) is 2.82. The number of nitrogens with one attached hydrogen (secondary N) is 1. The number of carbonyl (C=O) groups excluding carboxylic acids is 3. The highest BCUT2D eigenvalue weighted by Gasteiger charge is 2.55. The van der Waals surface area contributed by atoms with E-state index in [1.165, 1.54) is 48.2 Å². The van der Waals surface area contributed by atoms with Gasteiger partial charge in [-0.05, 0) is 5.56 Å². The molecule has 1 fully saturated rings. The molecule has 1 aromatic carbocycles. The Bertz CT molecular complexity index is 1380. The van der Waals surface area contributed by atoms with E-state index < -0.39 is 50.5 Å². The van der Waals surface area contributed by atoms with Gasteiger partial charge < -0.3 is 16.2 Å². The Hall–Kier alpha value is -3.75. The molecular weight excluding hydrogens is 512 g/mol. The lowest BCUT2D eigenvalue weighted by molar-refractivity contribution is -0.689. The van der Waals surface area contributed by atoms with Crippen molar-refractivity contribution in [3.05, 3.63) is 77.3 Å². The number of fused-ring (bicyclic) bond motifs is 1. The SMILES string of the molecule is NC(=O)c1cc[n+](CC2=C(C(=O)O)N3C(=O)[C@H](NC(=O)[C@@H](c4ccccc4)S(=O)(=O)O)[C@H]3SC2)cc1. The second-order valence-electron chi connectivity index (χ2n) is 8.08. The van der Waals surface area contributed by atoms with E-state index in [9.17, 15) is 37.3 Å². The molecule has 188 valence electrons. The van der Waals surface area contributed by atoms with Crippen LogP contribution in [0.1, 0.15) is 21.2 Å². The minimum absolute atomic E-state index is 0.0187. The molecule has 3 amide bonds. The van der Waals surface area contributed by atoms with Gasteiger partial charge in [0.05, 0.1) is 5.56 Å². The molecule has 0 aliphatic carbocycles. The van der Waals surface area contributed by atoms with E-state index in [-0.39, 0.29) is 29.1 Å². The number of carbonyl (C=O) groups is 4. The van der Waals surface area contributed by atoms with Crippen molar-refractivity contribution in [1.82, 2.24) is 10.2 Å². The van der Waals surface area contributed by atoms with Crippen LogP contribution in [-0.2, 0) is 31.0 Å². The topological polar surface area (TPSA) is 188 Å². The summed E-state index contributed by atoms with van der Waals surface area (Å²) in [6.45, 7) is 0.125.